The van der Waals surface area contributed by atoms with Gasteiger partial charge >= 0.3 is 0 Å². The van der Waals surface area contributed by atoms with E-state index >= 15 is 0 Å². The summed E-state index contributed by atoms with van der Waals surface area (Å²) in [5.74, 6) is 0.438. The molecule has 3 rings (SSSR count). The smallest absolute Gasteiger partial charge is 0.124 e. The van der Waals surface area contributed by atoms with Crippen molar-refractivity contribution in [2.75, 3.05) is 0 Å². The summed E-state index contributed by atoms with van der Waals surface area (Å²) in [6, 6.07) is 18.6. The van der Waals surface area contributed by atoms with E-state index in [2.05, 4.69) is 23.8 Å². The van der Waals surface area contributed by atoms with Gasteiger partial charge in [0.25, 0.3) is 0 Å². The molecule has 0 aromatic heterocycles. The number of hydrogen-bond acceptors (Lipinski definition) is 4. The molecule has 0 saturated carbocycles. The van der Waals surface area contributed by atoms with Gasteiger partial charge in [0.05, 0.1) is 11.4 Å². The Bertz CT molecular complexity index is 923. The first-order valence-electron chi connectivity index (χ1n) is 9.41. The van der Waals surface area contributed by atoms with Crippen molar-refractivity contribution in [2.45, 2.75) is 26.7 Å². The van der Waals surface area contributed by atoms with Gasteiger partial charge in [0.15, 0.2) is 0 Å². The third-order valence-electron chi connectivity index (χ3n) is 4.56. The Kier molecular flexibility index (Phi) is 6.22. The van der Waals surface area contributed by atoms with E-state index in [1.807, 2.05) is 48.5 Å². The lowest BCUT2D eigenvalue weighted by Gasteiger charge is -2.03. The predicted molar refractivity (Wildman–Crippen MR) is 116 cm³/mol. The molecule has 0 radical (unpaired) electrons. The quantitative estimate of drug-likeness (QED) is 0.543. The van der Waals surface area contributed by atoms with Crippen LogP contribution >= 0.6 is 0 Å². The first-order valence-corrected chi connectivity index (χ1v) is 9.41. The normalized spacial score (nSPS) is 11.5. The van der Waals surface area contributed by atoms with Gasteiger partial charge < -0.3 is 10.2 Å². The molecule has 4 nitrogen and oxygen atoms in total. The van der Waals surface area contributed by atoms with E-state index in [1.54, 1.807) is 24.6 Å². The molecule has 2 N–H and O–H groups in total. The van der Waals surface area contributed by atoms with E-state index in [-0.39, 0.29) is 11.5 Å². The number of aromatic hydroxyl groups is 2. The van der Waals surface area contributed by atoms with E-state index in [0.29, 0.717) is 11.1 Å². The van der Waals surface area contributed by atoms with Crippen molar-refractivity contribution in [1.82, 2.24) is 0 Å². The van der Waals surface area contributed by atoms with Crippen LogP contribution in [0.3, 0.4) is 0 Å². The number of nitrogens with zero attached hydrogens (tertiary/aromatic N) is 2. The van der Waals surface area contributed by atoms with Crippen LogP contribution in [0.15, 0.2) is 70.6 Å². The van der Waals surface area contributed by atoms with Gasteiger partial charge in [-0.15, -0.1) is 0 Å². The second-order valence-corrected chi connectivity index (χ2v) is 6.53. The molecule has 3 aromatic rings. The second kappa shape index (κ2) is 9.00. The van der Waals surface area contributed by atoms with Crippen molar-refractivity contribution in [3.8, 4) is 11.5 Å². The predicted octanol–water partition coefficient (Wildman–Crippen LogP) is 5.72. The third-order valence-corrected chi connectivity index (χ3v) is 4.56. The minimum Gasteiger partial charge on any atom is -0.507 e. The lowest BCUT2D eigenvalue weighted by Crippen LogP contribution is -1.87. The van der Waals surface area contributed by atoms with Gasteiger partial charge in [0, 0.05) is 23.6 Å². The zero-order valence-electron chi connectivity index (χ0n) is 16.1. The molecular weight excluding hydrogens is 348 g/mol. The molecule has 0 bridgehead atoms. The van der Waals surface area contributed by atoms with Crippen molar-refractivity contribution >= 4 is 23.8 Å². The van der Waals surface area contributed by atoms with E-state index < -0.39 is 0 Å². The molecule has 0 fully saturated rings. The molecule has 0 spiro atoms. The number of phenolic OH excluding ortho intramolecular Hbond substituents is 2. The monoisotopic (exact) mass is 372 g/mol. The zero-order valence-corrected chi connectivity index (χ0v) is 16.1. The fourth-order valence-corrected chi connectivity index (χ4v) is 2.77. The lowest BCUT2D eigenvalue weighted by atomic mass is 10.1. The Morgan fingerprint density at radius 2 is 1.04 bits per heavy atom. The van der Waals surface area contributed by atoms with Crippen LogP contribution in [0.5, 0.6) is 11.5 Å². The molecule has 0 heterocycles. The maximum atomic E-state index is 9.96. The Morgan fingerprint density at radius 3 is 1.39 bits per heavy atom. The van der Waals surface area contributed by atoms with Gasteiger partial charge in [0.2, 0.25) is 0 Å². The second-order valence-electron chi connectivity index (χ2n) is 6.53. The first-order chi connectivity index (χ1) is 13.6. The Labute approximate surface area is 165 Å². The van der Waals surface area contributed by atoms with Gasteiger partial charge in [-0.1, -0.05) is 26.0 Å². The fraction of sp³-hybridized carbons (Fsp3) is 0.167. The van der Waals surface area contributed by atoms with Crippen LogP contribution in [0.1, 0.15) is 36.1 Å². The third kappa shape index (κ3) is 4.86. The number of hydrogen-bond donors (Lipinski definition) is 2. The molecule has 28 heavy (non-hydrogen) atoms. The van der Waals surface area contributed by atoms with E-state index in [9.17, 15) is 10.2 Å². The number of rotatable bonds is 6. The largest absolute Gasteiger partial charge is 0.507 e. The number of aliphatic imine (C=N–C) groups is 2. The molecule has 4 heteroatoms. The van der Waals surface area contributed by atoms with Crippen LogP contribution in [0.4, 0.5) is 11.4 Å². The Morgan fingerprint density at radius 1 is 0.643 bits per heavy atom. The summed E-state index contributed by atoms with van der Waals surface area (Å²) in [5.41, 5.74) is 5.26. The number of benzene rings is 3. The minimum atomic E-state index is 0.219. The average molecular weight is 372 g/mol. The summed E-state index contributed by atoms with van der Waals surface area (Å²) in [6.07, 6.45) is 5.15. The summed E-state index contributed by atoms with van der Waals surface area (Å²) < 4.78 is 0. The van der Waals surface area contributed by atoms with Gasteiger partial charge in [-0.2, -0.15) is 0 Å². The number of aryl methyl sites for hydroxylation is 2. The maximum absolute atomic E-state index is 9.96. The molecule has 0 aliphatic carbocycles. The van der Waals surface area contributed by atoms with Crippen molar-refractivity contribution < 1.29 is 10.2 Å². The standard InChI is InChI=1S/C24H24N2O2/c1-3-17-5-11-23(27)19(13-17)15-25-21-7-9-22(10-8-21)26-16-20-14-18(4-2)6-12-24(20)28/h5-16,27-28H,3-4H2,1-2H3. The topological polar surface area (TPSA) is 65.2 Å². The fourth-order valence-electron chi connectivity index (χ4n) is 2.77. The minimum absolute atomic E-state index is 0.219. The SMILES string of the molecule is CCc1ccc(O)c(C=Nc2ccc(N=Cc3cc(CC)ccc3O)cc2)c1. The van der Waals surface area contributed by atoms with Crippen LogP contribution in [0, 0.1) is 0 Å². The average Bonchev–Trinajstić information content (AvgIpc) is 2.73. The van der Waals surface area contributed by atoms with Gasteiger partial charge in [0.1, 0.15) is 11.5 Å². The molecule has 0 unspecified atom stereocenters. The van der Waals surface area contributed by atoms with Crippen LogP contribution in [-0.4, -0.2) is 22.6 Å². The summed E-state index contributed by atoms with van der Waals surface area (Å²) in [5, 5.41) is 19.9. The van der Waals surface area contributed by atoms with Crippen molar-refractivity contribution in [3.63, 3.8) is 0 Å². The van der Waals surface area contributed by atoms with Gasteiger partial charge in [-0.3, -0.25) is 9.98 Å². The van der Waals surface area contributed by atoms with Crippen molar-refractivity contribution in [2.24, 2.45) is 9.98 Å². The molecule has 0 atom stereocenters. The number of phenols is 2. The summed E-state index contributed by atoms with van der Waals surface area (Å²) in [6.45, 7) is 4.15. The van der Waals surface area contributed by atoms with Crippen molar-refractivity contribution in [3.05, 3.63) is 82.9 Å². The van der Waals surface area contributed by atoms with Crippen LogP contribution < -0.4 is 0 Å². The Hall–Kier alpha value is -3.40. The Balaban J connectivity index is 1.73. The zero-order chi connectivity index (χ0) is 19.9. The lowest BCUT2D eigenvalue weighted by molar-refractivity contribution is 0.473. The van der Waals surface area contributed by atoms with E-state index in [1.165, 1.54) is 0 Å². The van der Waals surface area contributed by atoms with E-state index in [0.717, 1.165) is 35.3 Å². The van der Waals surface area contributed by atoms with E-state index in [4.69, 9.17) is 0 Å². The summed E-state index contributed by atoms with van der Waals surface area (Å²) >= 11 is 0. The molecule has 0 aliphatic heterocycles. The van der Waals surface area contributed by atoms with Crippen LogP contribution in [-0.2, 0) is 12.8 Å². The summed E-state index contributed by atoms with van der Waals surface area (Å²) in [7, 11) is 0. The first kappa shape index (κ1) is 19.4. The molecule has 142 valence electrons. The van der Waals surface area contributed by atoms with Crippen LogP contribution in [0.25, 0.3) is 0 Å². The highest BCUT2D eigenvalue weighted by Crippen LogP contribution is 2.22. The highest BCUT2D eigenvalue weighted by molar-refractivity contribution is 5.86. The summed E-state index contributed by atoms with van der Waals surface area (Å²) in [4.78, 5) is 8.86. The molecular formula is C24H24N2O2. The van der Waals surface area contributed by atoms with Gasteiger partial charge in [-0.05, 0) is 72.5 Å². The molecule has 3 aromatic carbocycles. The molecule has 0 amide bonds. The molecule has 0 aliphatic rings. The van der Waals surface area contributed by atoms with Gasteiger partial charge in [-0.25, -0.2) is 0 Å². The highest BCUT2D eigenvalue weighted by Gasteiger charge is 2.01. The van der Waals surface area contributed by atoms with Crippen LogP contribution in [0.2, 0.25) is 0 Å². The maximum Gasteiger partial charge on any atom is 0.124 e. The van der Waals surface area contributed by atoms with Crippen molar-refractivity contribution in [1.29, 1.82) is 0 Å². The highest BCUT2D eigenvalue weighted by atomic mass is 16.3. The molecule has 0 saturated heterocycles.